The maximum Gasteiger partial charge on any atom is 0.130 e. The monoisotopic (exact) mass is 348 g/mol. The summed E-state index contributed by atoms with van der Waals surface area (Å²) >= 11 is 0. The van der Waals surface area contributed by atoms with Gasteiger partial charge in [-0.2, -0.15) is 0 Å². The van der Waals surface area contributed by atoms with Gasteiger partial charge >= 0.3 is 0 Å². The van der Waals surface area contributed by atoms with Crippen LogP contribution in [0.1, 0.15) is 58.8 Å². The summed E-state index contributed by atoms with van der Waals surface area (Å²) in [6, 6.07) is 0. The zero-order valence-corrected chi connectivity index (χ0v) is 15.4. The first-order valence-corrected chi connectivity index (χ1v) is 9.92. The van der Waals surface area contributed by atoms with Crippen molar-refractivity contribution >= 4 is 0 Å². The van der Waals surface area contributed by atoms with E-state index in [4.69, 9.17) is 6.42 Å². The zero-order chi connectivity index (χ0) is 18.2. The minimum atomic E-state index is -1.07. The van der Waals surface area contributed by atoms with Crippen LogP contribution in [0.15, 0.2) is 0 Å². The summed E-state index contributed by atoms with van der Waals surface area (Å²) in [5, 5.41) is 42.7. The van der Waals surface area contributed by atoms with Gasteiger partial charge in [-0.05, 0) is 74.0 Å². The number of terminal acetylenes is 1. The fraction of sp³-hybridized carbons (Fsp3) is 0.905. The molecule has 0 heterocycles. The van der Waals surface area contributed by atoms with Gasteiger partial charge in [-0.1, -0.05) is 19.8 Å². The Morgan fingerprint density at radius 1 is 0.880 bits per heavy atom. The van der Waals surface area contributed by atoms with Crippen molar-refractivity contribution in [3.8, 4) is 12.3 Å². The number of aliphatic hydroxyl groups excluding tert-OH is 3. The highest BCUT2D eigenvalue weighted by atomic mass is 16.3. The highest BCUT2D eigenvalue weighted by Crippen LogP contribution is 2.68. The average molecular weight is 348 g/mol. The van der Waals surface area contributed by atoms with Gasteiger partial charge in [0.1, 0.15) is 5.60 Å². The summed E-state index contributed by atoms with van der Waals surface area (Å²) in [4.78, 5) is 0. The van der Waals surface area contributed by atoms with Crippen molar-refractivity contribution in [3.05, 3.63) is 0 Å². The fourth-order valence-electron chi connectivity index (χ4n) is 7.52. The molecule has 4 saturated carbocycles. The van der Waals surface area contributed by atoms with Gasteiger partial charge in [0.2, 0.25) is 0 Å². The summed E-state index contributed by atoms with van der Waals surface area (Å²) in [6.45, 7) is 4.36. The molecule has 4 heteroatoms. The molecule has 0 aromatic rings. The summed E-state index contributed by atoms with van der Waals surface area (Å²) in [5.74, 6) is 3.30. The van der Waals surface area contributed by atoms with E-state index in [1.807, 2.05) is 0 Å². The Balaban J connectivity index is 1.71. The molecular weight excluding hydrogens is 316 g/mol. The largest absolute Gasteiger partial charge is 0.393 e. The van der Waals surface area contributed by atoms with Gasteiger partial charge in [0.15, 0.2) is 0 Å². The van der Waals surface area contributed by atoms with Gasteiger partial charge in [0.05, 0.1) is 18.3 Å². The van der Waals surface area contributed by atoms with Crippen molar-refractivity contribution in [1.82, 2.24) is 0 Å². The summed E-state index contributed by atoms with van der Waals surface area (Å²) < 4.78 is 0. The quantitative estimate of drug-likeness (QED) is 0.502. The van der Waals surface area contributed by atoms with Gasteiger partial charge in [0.25, 0.3) is 0 Å². The first-order valence-electron chi connectivity index (χ1n) is 9.92. The Bertz CT molecular complexity index is 599. The molecule has 25 heavy (non-hydrogen) atoms. The third kappa shape index (κ3) is 2.10. The number of hydrogen-bond acceptors (Lipinski definition) is 4. The molecule has 4 nitrogen and oxygen atoms in total. The van der Waals surface area contributed by atoms with Gasteiger partial charge in [-0.15, -0.1) is 6.42 Å². The molecule has 0 aliphatic heterocycles. The molecule has 0 spiro atoms. The summed E-state index contributed by atoms with van der Waals surface area (Å²) in [5.41, 5.74) is -1.46. The third-order valence-electron chi connectivity index (χ3n) is 9.14. The van der Waals surface area contributed by atoms with E-state index in [0.717, 1.165) is 25.7 Å². The van der Waals surface area contributed by atoms with E-state index in [1.54, 1.807) is 0 Å². The van der Waals surface area contributed by atoms with Crippen LogP contribution in [0.25, 0.3) is 0 Å². The van der Waals surface area contributed by atoms with Gasteiger partial charge in [-0.25, -0.2) is 0 Å². The topological polar surface area (TPSA) is 80.9 Å². The van der Waals surface area contributed by atoms with Crippen molar-refractivity contribution in [2.45, 2.75) is 82.7 Å². The molecule has 0 amide bonds. The van der Waals surface area contributed by atoms with E-state index in [9.17, 15) is 20.4 Å². The van der Waals surface area contributed by atoms with Crippen molar-refractivity contribution in [1.29, 1.82) is 0 Å². The van der Waals surface area contributed by atoms with Crippen LogP contribution >= 0.6 is 0 Å². The second-order valence-corrected chi connectivity index (χ2v) is 9.80. The Hall–Kier alpha value is -0.600. The Morgan fingerprint density at radius 2 is 1.56 bits per heavy atom. The van der Waals surface area contributed by atoms with Crippen molar-refractivity contribution in [2.75, 3.05) is 0 Å². The summed E-state index contributed by atoms with van der Waals surface area (Å²) in [7, 11) is 0. The van der Waals surface area contributed by atoms with E-state index >= 15 is 0 Å². The Labute approximate surface area is 150 Å². The standard InChI is InChI=1S/C21H32O4/c1-4-21(25)10-6-13-17-12(5-9-20(13,21)3)19(2)8-7-15(22)18(24)14(19)11-16(17)23/h1,12-18,22-25H,5-11H2,2-3H3/t12-,13-,14?,15+,16-,17+,18+,19+,20-,21-/m0/s1. The minimum Gasteiger partial charge on any atom is -0.393 e. The lowest BCUT2D eigenvalue weighted by atomic mass is 9.43. The van der Waals surface area contributed by atoms with Gasteiger partial charge in [0, 0.05) is 5.41 Å². The molecule has 0 aromatic heterocycles. The van der Waals surface area contributed by atoms with Crippen molar-refractivity contribution in [2.24, 2.45) is 34.5 Å². The Morgan fingerprint density at radius 3 is 2.24 bits per heavy atom. The number of rotatable bonds is 0. The zero-order valence-electron chi connectivity index (χ0n) is 15.4. The summed E-state index contributed by atoms with van der Waals surface area (Å²) in [6.07, 6.45) is 9.13. The predicted octanol–water partition coefficient (Wildman–Crippen LogP) is 1.70. The lowest BCUT2D eigenvalue weighted by Crippen LogP contribution is -2.63. The maximum atomic E-state index is 11.0. The third-order valence-corrected chi connectivity index (χ3v) is 9.14. The molecule has 4 rings (SSSR count). The highest BCUT2D eigenvalue weighted by molar-refractivity contribution is 5.24. The fourth-order valence-corrected chi connectivity index (χ4v) is 7.52. The van der Waals surface area contributed by atoms with Crippen LogP contribution in [-0.4, -0.2) is 44.3 Å². The first-order chi connectivity index (χ1) is 11.7. The number of hydrogen-bond donors (Lipinski definition) is 4. The molecule has 0 bridgehead atoms. The first kappa shape index (κ1) is 17.8. The SMILES string of the molecule is C#C[C@]1(O)CC[C@H]2[C@@H]3[C@@H](O)CC4[C@@H](O)[C@H](O)CC[C@]4(C)[C@H]3CC[C@@]21C. The molecule has 4 aliphatic rings. The van der Waals surface area contributed by atoms with Crippen LogP contribution < -0.4 is 0 Å². The highest BCUT2D eigenvalue weighted by Gasteiger charge is 2.67. The molecule has 0 radical (unpaired) electrons. The molecule has 10 atom stereocenters. The van der Waals surface area contributed by atoms with Crippen LogP contribution in [0.3, 0.4) is 0 Å². The Kier molecular flexibility index (Phi) is 3.88. The smallest absolute Gasteiger partial charge is 0.130 e. The van der Waals surface area contributed by atoms with Crippen molar-refractivity contribution in [3.63, 3.8) is 0 Å². The van der Waals surface area contributed by atoms with Gasteiger partial charge < -0.3 is 20.4 Å². The number of aliphatic hydroxyl groups is 4. The van der Waals surface area contributed by atoms with Gasteiger partial charge in [-0.3, -0.25) is 0 Å². The van der Waals surface area contributed by atoms with Crippen LogP contribution in [0.2, 0.25) is 0 Å². The molecule has 4 fully saturated rings. The molecule has 4 aliphatic carbocycles. The molecule has 140 valence electrons. The predicted molar refractivity (Wildman–Crippen MR) is 94.3 cm³/mol. The van der Waals surface area contributed by atoms with E-state index in [1.165, 1.54) is 0 Å². The van der Waals surface area contributed by atoms with Crippen LogP contribution in [0.4, 0.5) is 0 Å². The lowest BCUT2D eigenvalue weighted by Gasteiger charge is -2.63. The van der Waals surface area contributed by atoms with E-state index in [0.29, 0.717) is 25.2 Å². The van der Waals surface area contributed by atoms with Crippen LogP contribution in [0, 0.1) is 46.8 Å². The molecule has 1 unspecified atom stereocenters. The minimum absolute atomic E-state index is 0.0511. The van der Waals surface area contributed by atoms with E-state index in [-0.39, 0.29) is 28.6 Å². The molecule has 0 aromatic carbocycles. The molecule has 4 N–H and O–H groups in total. The molecule has 0 saturated heterocycles. The van der Waals surface area contributed by atoms with E-state index < -0.39 is 23.9 Å². The van der Waals surface area contributed by atoms with Crippen LogP contribution in [-0.2, 0) is 0 Å². The van der Waals surface area contributed by atoms with Crippen LogP contribution in [0.5, 0.6) is 0 Å². The molecular formula is C21H32O4. The average Bonchev–Trinajstić information content (AvgIpc) is 2.86. The second-order valence-electron chi connectivity index (χ2n) is 9.80. The lowest BCUT2D eigenvalue weighted by molar-refractivity contribution is -0.212. The van der Waals surface area contributed by atoms with E-state index in [2.05, 4.69) is 19.8 Å². The number of fused-ring (bicyclic) bond motifs is 5. The van der Waals surface area contributed by atoms with Crippen molar-refractivity contribution < 1.29 is 20.4 Å². The second kappa shape index (κ2) is 5.45. The normalized spacial score (nSPS) is 60.9. The maximum absolute atomic E-state index is 11.0.